The zero-order chi connectivity index (χ0) is 7.68. The molecule has 1 unspecified atom stereocenters. The SMILES string of the molecule is CC(NC1CC1)c1cn[nH]c1. The van der Waals surface area contributed by atoms with E-state index >= 15 is 0 Å². The number of aromatic nitrogens is 2. The van der Waals surface area contributed by atoms with Crippen LogP contribution in [0.15, 0.2) is 12.4 Å². The van der Waals surface area contributed by atoms with Gasteiger partial charge in [-0.1, -0.05) is 0 Å². The third kappa shape index (κ3) is 1.60. The van der Waals surface area contributed by atoms with Gasteiger partial charge in [0.15, 0.2) is 0 Å². The fourth-order valence-corrected chi connectivity index (χ4v) is 1.20. The first-order valence-electron chi connectivity index (χ1n) is 4.11. The molecule has 1 fully saturated rings. The topological polar surface area (TPSA) is 40.7 Å². The van der Waals surface area contributed by atoms with Crippen molar-refractivity contribution in [2.75, 3.05) is 0 Å². The lowest BCUT2D eigenvalue weighted by Crippen LogP contribution is -2.20. The van der Waals surface area contributed by atoms with Crippen LogP contribution in [0.5, 0.6) is 0 Å². The molecule has 1 atom stereocenters. The minimum Gasteiger partial charge on any atom is -0.307 e. The predicted octanol–water partition coefficient (Wildman–Crippen LogP) is 1.22. The van der Waals surface area contributed by atoms with Crippen molar-refractivity contribution >= 4 is 0 Å². The number of rotatable bonds is 3. The Morgan fingerprint density at radius 3 is 3.09 bits per heavy atom. The second-order valence-electron chi connectivity index (χ2n) is 3.19. The van der Waals surface area contributed by atoms with Crippen molar-refractivity contribution in [3.05, 3.63) is 18.0 Å². The molecule has 2 rings (SSSR count). The van der Waals surface area contributed by atoms with Gasteiger partial charge in [0.05, 0.1) is 6.20 Å². The van der Waals surface area contributed by atoms with E-state index in [9.17, 15) is 0 Å². The summed E-state index contributed by atoms with van der Waals surface area (Å²) in [5.74, 6) is 0. The van der Waals surface area contributed by atoms with Gasteiger partial charge in [0.2, 0.25) is 0 Å². The molecular formula is C8H13N3. The van der Waals surface area contributed by atoms with Gasteiger partial charge in [-0.2, -0.15) is 5.10 Å². The number of hydrogen-bond donors (Lipinski definition) is 2. The largest absolute Gasteiger partial charge is 0.307 e. The van der Waals surface area contributed by atoms with E-state index in [0.29, 0.717) is 6.04 Å². The van der Waals surface area contributed by atoms with E-state index in [1.165, 1.54) is 18.4 Å². The molecule has 0 saturated heterocycles. The molecule has 1 saturated carbocycles. The van der Waals surface area contributed by atoms with Gasteiger partial charge in [-0.25, -0.2) is 0 Å². The van der Waals surface area contributed by atoms with Gasteiger partial charge in [0.1, 0.15) is 0 Å². The molecule has 1 aliphatic carbocycles. The summed E-state index contributed by atoms with van der Waals surface area (Å²) in [4.78, 5) is 0. The Balaban J connectivity index is 1.93. The Labute approximate surface area is 66.2 Å². The smallest absolute Gasteiger partial charge is 0.0534 e. The van der Waals surface area contributed by atoms with Crippen LogP contribution in [0.2, 0.25) is 0 Å². The van der Waals surface area contributed by atoms with E-state index in [0.717, 1.165) is 6.04 Å². The first kappa shape index (κ1) is 6.85. The van der Waals surface area contributed by atoms with Gasteiger partial charge in [-0.15, -0.1) is 0 Å². The molecule has 2 N–H and O–H groups in total. The van der Waals surface area contributed by atoms with Gasteiger partial charge in [-0.05, 0) is 19.8 Å². The number of H-pyrrole nitrogens is 1. The lowest BCUT2D eigenvalue weighted by Gasteiger charge is -2.09. The number of nitrogens with zero attached hydrogens (tertiary/aromatic N) is 1. The van der Waals surface area contributed by atoms with Crippen molar-refractivity contribution < 1.29 is 0 Å². The van der Waals surface area contributed by atoms with Gasteiger partial charge in [-0.3, -0.25) is 5.10 Å². The van der Waals surface area contributed by atoms with E-state index in [1.807, 2.05) is 12.4 Å². The number of nitrogens with one attached hydrogen (secondary N) is 2. The third-order valence-corrected chi connectivity index (χ3v) is 2.08. The zero-order valence-corrected chi connectivity index (χ0v) is 6.67. The maximum atomic E-state index is 3.91. The first-order chi connectivity index (χ1) is 5.36. The van der Waals surface area contributed by atoms with E-state index in [4.69, 9.17) is 0 Å². The van der Waals surface area contributed by atoms with Crippen molar-refractivity contribution in [2.45, 2.75) is 31.8 Å². The van der Waals surface area contributed by atoms with Crippen molar-refractivity contribution in [1.82, 2.24) is 15.5 Å². The molecule has 11 heavy (non-hydrogen) atoms. The molecule has 0 bridgehead atoms. The summed E-state index contributed by atoms with van der Waals surface area (Å²) in [6.45, 7) is 2.17. The van der Waals surface area contributed by atoms with E-state index in [2.05, 4.69) is 22.4 Å². The maximum absolute atomic E-state index is 3.91. The summed E-state index contributed by atoms with van der Waals surface area (Å²) in [5, 5.41) is 10.2. The van der Waals surface area contributed by atoms with Crippen molar-refractivity contribution in [1.29, 1.82) is 0 Å². The second kappa shape index (κ2) is 2.66. The minimum absolute atomic E-state index is 0.446. The van der Waals surface area contributed by atoms with Crippen LogP contribution in [0.3, 0.4) is 0 Å². The highest BCUT2D eigenvalue weighted by Gasteiger charge is 2.23. The van der Waals surface area contributed by atoms with E-state index in [1.54, 1.807) is 0 Å². The highest BCUT2D eigenvalue weighted by molar-refractivity contribution is 5.08. The monoisotopic (exact) mass is 151 g/mol. The van der Waals surface area contributed by atoms with Crippen LogP contribution >= 0.6 is 0 Å². The fourth-order valence-electron chi connectivity index (χ4n) is 1.20. The maximum Gasteiger partial charge on any atom is 0.0534 e. The highest BCUT2D eigenvalue weighted by atomic mass is 15.1. The standard InChI is InChI=1S/C8H13N3/c1-6(11-8-2-3-8)7-4-9-10-5-7/h4-6,8,11H,2-3H2,1H3,(H,9,10). The molecular weight excluding hydrogens is 138 g/mol. The summed E-state index contributed by atoms with van der Waals surface area (Å²) >= 11 is 0. The minimum atomic E-state index is 0.446. The Morgan fingerprint density at radius 1 is 1.73 bits per heavy atom. The van der Waals surface area contributed by atoms with Crippen LogP contribution in [-0.4, -0.2) is 16.2 Å². The summed E-state index contributed by atoms with van der Waals surface area (Å²) in [7, 11) is 0. The Hall–Kier alpha value is -0.830. The predicted molar refractivity (Wildman–Crippen MR) is 43.2 cm³/mol. The fraction of sp³-hybridized carbons (Fsp3) is 0.625. The Kier molecular flexibility index (Phi) is 1.66. The average Bonchev–Trinajstić information content (AvgIpc) is 2.67. The molecule has 1 aliphatic rings. The molecule has 3 heteroatoms. The average molecular weight is 151 g/mol. The molecule has 60 valence electrons. The summed E-state index contributed by atoms with van der Waals surface area (Å²) in [6, 6.07) is 1.21. The van der Waals surface area contributed by atoms with Crippen LogP contribution in [0.1, 0.15) is 31.4 Å². The summed E-state index contributed by atoms with van der Waals surface area (Å²) in [5.41, 5.74) is 1.25. The van der Waals surface area contributed by atoms with Crippen LogP contribution in [0.25, 0.3) is 0 Å². The number of hydrogen-bond acceptors (Lipinski definition) is 2. The molecule has 1 heterocycles. The lowest BCUT2D eigenvalue weighted by molar-refractivity contribution is 0.571. The quantitative estimate of drug-likeness (QED) is 0.682. The van der Waals surface area contributed by atoms with Crippen molar-refractivity contribution in [3.8, 4) is 0 Å². The van der Waals surface area contributed by atoms with Gasteiger partial charge < -0.3 is 5.32 Å². The van der Waals surface area contributed by atoms with Gasteiger partial charge in [0.25, 0.3) is 0 Å². The molecule has 1 aromatic rings. The van der Waals surface area contributed by atoms with Crippen molar-refractivity contribution in [3.63, 3.8) is 0 Å². The molecule has 0 spiro atoms. The van der Waals surface area contributed by atoms with Gasteiger partial charge in [0, 0.05) is 23.8 Å². The van der Waals surface area contributed by atoms with Crippen LogP contribution in [0, 0.1) is 0 Å². The summed E-state index contributed by atoms with van der Waals surface area (Å²) in [6.07, 6.45) is 6.49. The zero-order valence-electron chi connectivity index (χ0n) is 6.67. The number of aromatic amines is 1. The van der Waals surface area contributed by atoms with Crippen molar-refractivity contribution in [2.24, 2.45) is 0 Å². The van der Waals surface area contributed by atoms with Crippen LogP contribution in [0.4, 0.5) is 0 Å². The Morgan fingerprint density at radius 2 is 2.55 bits per heavy atom. The molecule has 0 aromatic carbocycles. The van der Waals surface area contributed by atoms with Gasteiger partial charge >= 0.3 is 0 Å². The normalized spacial score (nSPS) is 20.1. The molecule has 0 amide bonds. The third-order valence-electron chi connectivity index (χ3n) is 2.08. The first-order valence-corrected chi connectivity index (χ1v) is 4.11. The Bertz CT molecular complexity index is 213. The van der Waals surface area contributed by atoms with Crippen LogP contribution in [-0.2, 0) is 0 Å². The lowest BCUT2D eigenvalue weighted by atomic mass is 10.2. The van der Waals surface area contributed by atoms with Crippen LogP contribution < -0.4 is 5.32 Å². The second-order valence-corrected chi connectivity index (χ2v) is 3.19. The molecule has 1 aromatic heterocycles. The molecule has 0 aliphatic heterocycles. The summed E-state index contributed by atoms with van der Waals surface area (Å²) < 4.78 is 0. The van der Waals surface area contributed by atoms with E-state index < -0.39 is 0 Å². The highest BCUT2D eigenvalue weighted by Crippen LogP contribution is 2.23. The van der Waals surface area contributed by atoms with E-state index in [-0.39, 0.29) is 0 Å². The molecule has 0 radical (unpaired) electrons. The molecule has 3 nitrogen and oxygen atoms in total.